The van der Waals surface area contributed by atoms with Crippen LogP contribution < -0.4 is 15.1 Å². The number of hydrazone groups is 1. The molecule has 8 nitrogen and oxygen atoms in total. The summed E-state index contributed by atoms with van der Waals surface area (Å²) >= 11 is 7.82. The van der Waals surface area contributed by atoms with Crippen LogP contribution in [0.4, 0.5) is 11.4 Å². The van der Waals surface area contributed by atoms with Gasteiger partial charge < -0.3 is 15.2 Å². The minimum Gasteiger partial charge on any atom is -0.497 e. The number of halogens is 1. The molecule has 5 rings (SSSR count). The summed E-state index contributed by atoms with van der Waals surface area (Å²) in [6.45, 7) is 1.75. The van der Waals surface area contributed by atoms with Crippen molar-refractivity contribution in [2.75, 3.05) is 17.4 Å². The number of nitrogens with one attached hydrogen (secondary N) is 1. The Morgan fingerprint density at radius 1 is 1.05 bits per heavy atom. The van der Waals surface area contributed by atoms with E-state index in [4.69, 9.17) is 21.4 Å². The second kappa shape index (κ2) is 11.2. The Hall–Kier alpha value is -4.73. The predicted octanol–water partition coefficient (Wildman–Crippen LogP) is 6.83. The van der Waals surface area contributed by atoms with Gasteiger partial charge in [-0.05, 0) is 79.2 Å². The third-order valence-electron chi connectivity index (χ3n) is 6.16. The molecule has 0 fully saturated rings. The van der Waals surface area contributed by atoms with E-state index in [0.717, 1.165) is 15.3 Å². The fraction of sp³-hybridized carbons (Fsp3) is 0.0667. The topological polar surface area (TPSA) is 108 Å². The molecule has 2 amide bonds. The number of carbonyl (C=O) groups is 3. The molecule has 2 heterocycles. The molecule has 10 heteroatoms. The zero-order valence-electron chi connectivity index (χ0n) is 21.3. The van der Waals surface area contributed by atoms with Gasteiger partial charge in [-0.3, -0.25) is 9.59 Å². The molecule has 2 N–H and O–H groups in total. The van der Waals surface area contributed by atoms with Crippen LogP contribution in [-0.4, -0.2) is 35.7 Å². The highest BCUT2D eigenvalue weighted by molar-refractivity contribution is 7.16. The summed E-state index contributed by atoms with van der Waals surface area (Å²) in [4.78, 5) is 39.0. The Kier molecular flexibility index (Phi) is 7.50. The standard InChI is InChI=1S/C30H22ClN3O5S/c1-17-24(29(36)34(33-17)21-9-6-18(7-10-21)30(37)38)16-23-11-13-27(40-23)19-8-12-26(31)25(14-19)28(35)32-20-4-3-5-22(15-20)39-2/h3-16H,1-2H3,(H,32,35)(H,37,38). The molecule has 1 aromatic heterocycles. The zero-order valence-corrected chi connectivity index (χ0v) is 22.9. The number of hydrogen-bond donors (Lipinski definition) is 2. The SMILES string of the molecule is COc1cccc(NC(=O)c2cc(-c3ccc(C=C4C(=O)N(c5ccc(C(=O)O)cc5)N=C4C)s3)ccc2Cl)c1. The summed E-state index contributed by atoms with van der Waals surface area (Å²) in [6.07, 6.45) is 1.77. The fourth-order valence-electron chi connectivity index (χ4n) is 4.08. The van der Waals surface area contributed by atoms with Crippen LogP contribution in [0.5, 0.6) is 5.75 Å². The van der Waals surface area contributed by atoms with E-state index >= 15 is 0 Å². The third-order valence-corrected chi connectivity index (χ3v) is 7.57. The largest absolute Gasteiger partial charge is 0.497 e. The minimum atomic E-state index is -1.04. The Morgan fingerprint density at radius 3 is 2.55 bits per heavy atom. The predicted molar refractivity (Wildman–Crippen MR) is 158 cm³/mol. The van der Waals surface area contributed by atoms with Crippen LogP contribution in [0.15, 0.2) is 89.5 Å². The van der Waals surface area contributed by atoms with E-state index in [1.54, 1.807) is 68.6 Å². The number of anilines is 2. The molecule has 40 heavy (non-hydrogen) atoms. The van der Waals surface area contributed by atoms with Gasteiger partial charge in [0.1, 0.15) is 5.75 Å². The first-order valence-corrected chi connectivity index (χ1v) is 13.2. The van der Waals surface area contributed by atoms with E-state index in [-0.39, 0.29) is 17.4 Å². The van der Waals surface area contributed by atoms with Crippen LogP contribution in [0, 0.1) is 0 Å². The summed E-state index contributed by atoms with van der Waals surface area (Å²) in [5.41, 5.74) is 3.30. The lowest BCUT2D eigenvalue weighted by atomic mass is 10.1. The summed E-state index contributed by atoms with van der Waals surface area (Å²) in [6, 6.07) is 22.1. The Balaban J connectivity index is 1.36. The lowest BCUT2D eigenvalue weighted by Crippen LogP contribution is -2.21. The highest BCUT2D eigenvalue weighted by Crippen LogP contribution is 2.33. The number of carboxylic acids is 1. The Morgan fingerprint density at radius 2 is 1.82 bits per heavy atom. The molecule has 0 unspecified atom stereocenters. The van der Waals surface area contributed by atoms with Crippen molar-refractivity contribution in [3.8, 4) is 16.2 Å². The van der Waals surface area contributed by atoms with Gasteiger partial charge in [-0.2, -0.15) is 10.1 Å². The quantitative estimate of drug-likeness (QED) is 0.236. The summed E-state index contributed by atoms with van der Waals surface area (Å²) in [5, 5.41) is 17.9. The monoisotopic (exact) mass is 571 g/mol. The van der Waals surface area contributed by atoms with Gasteiger partial charge in [0.25, 0.3) is 11.8 Å². The van der Waals surface area contributed by atoms with Crippen LogP contribution in [0.25, 0.3) is 16.5 Å². The van der Waals surface area contributed by atoms with Crippen LogP contribution in [0.3, 0.4) is 0 Å². The molecule has 0 atom stereocenters. The lowest BCUT2D eigenvalue weighted by Gasteiger charge is -2.11. The molecule has 1 aliphatic heterocycles. The van der Waals surface area contributed by atoms with Crippen molar-refractivity contribution >= 4 is 63.9 Å². The smallest absolute Gasteiger partial charge is 0.335 e. The van der Waals surface area contributed by atoms with Crippen LogP contribution in [0.1, 0.15) is 32.5 Å². The van der Waals surface area contributed by atoms with Crippen molar-refractivity contribution in [3.63, 3.8) is 0 Å². The number of hydrogen-bond acceptors (Lipinski definition) is 6. The molecule has 4 aromatic rings. The molecule has 0 saturated heterocycles. The van der Waals surface area contributed by atoms with Gasteiger partial charge in [0.15, 0.2) is 0 Å². The van der Waals surface area contributed by atoms with Gasteiger partial charge in [-0.25, -0.2) is 4.79 Å². The Bertz CT molecular complexity index is 1710. The van der Waals surface area contributed by atoms with Crippen molar-refractivity contribution < 1.29 is 24.2 Å². The molecule has 1 aliphatic rings. The van der Waals surface area contributed by atoms with Gasteiger partial charge in [-0.1, -0.05) is 23.7 Å². The molecule has 0 aliphatic carbocycles. The maximum absolute atomic E-state index is 13.1. The number of rotatable bonds is 7. The maximum Gasteiger partial charge on any atom is 0.335 e. The molecule has 0 spiro atoms. The molecule has 200 valence electrons. The summed E-state index contributed by atoms with van der Waals surface area (Å²) in [7, 11) is 1.56. The van der Waals surface area contributed by atoms with Crippen molar-refractivity contribution in [2.45, 2.75) is 6.92 Å². The van der Waals surface area contributed by atoms with Crippen molar-refractivity contribution in [1.29, 1.82) is 0 Å². The summed E-state index contributed by atoms with van der Waals surface area (Å²) < 4.78 is 5.22. The van der Waals surface area contributed by atoms with Crippen LogP contribution >= 0.6 is 22.9 Å². The zero-order chi connectivity index (χ0) is 28.4. The van der Waals surface area contributed by atoms with Crippen LogP contribution in [0.2, 0.25) is 5.02 Å². The first kappa shape index (κ1) is 26.9. The van der Waals surface area contributed by atoms with Crippen molar-refractivity contribution in [3.05, 3.63) is 105 Å². The van der Waals surface area contributed by atoms with Gasteiger partial charge in [0.2, 0.25) is 0 Å². The Labute approximate surface area is 238 Å². The maximum atomic E-state index is 13.1. The summed E-state index contributed by atoms with van der Waals surface area (Å²) in [5.74, 6) is -1.08. The van der Waals surface area contributed by atoms with E-state index in [0.29, 0.717) is 39.0 Å². The fourth-order valence-corrected chi connectivity index (χ4v) is 5.24. The highest BCUT2D eigenvalue weighted by atomic mass is 35.5. The number of amides is 2. The number of ether oxygens (including phenoxy) is 1. The number of carboxylic acid groups (broad SMARTS) is 1. The molecule has 3 aromatic carbocycles. The second-order valence-electron chi connectivity index (χ2n) is 8.80. The lowest BCUT2D eigenvalue weighted by molar-refractivity contribution is -0.114. The number of nitrogens with zero attached hydrogens (tertiary/aromatic N) is 2. The second-order valence-corrected chi connectivity index (χ2v) is 10.3. The average Bonchev–Trinajstić information content (AvgIpc) is 3.53. The molecule has 0 radical (unpaired) electrons. The van der Waals surface area contributed by atoms with Crippen LogP contribution in [-0.2, 0) is 4.79 Å². The number of methoxy groups -OCH3 is 1. The van der Waals surface area contributed by atoms with Gasteiger partial charge in [0.05, 0.1) is 40.2 Å². The van der Waals surface area contributed by atoms with Gasteiger partial charge in [0, 0.05) is 21.5 Å². The van der Waals surface area contributed by atoms with E-state index in [2.05, 4.69) is 10.4 Å². The van der Waals surface area contributed by atoms with E-state index in [1.165, 1.54) is 28.5 Å². The van der Waals surface area contributed by atoms with Crippen molar-refractivity contribution in [2.24, 2.45) is 5.10 Å². The first-order valence-electron chi connectivity index (χ1n) is 12.0. The highest BCUT2D eigenvalue weighted by Gasteiger charge is 2.29. The number of carbonyl (C=O) groups excluding carboxylic acids is 2. The molecule has 0 saturated carbocycles. The molecular formula is C30H22ClN3O5S. The first-order chi connectivity index (χ1) is 19.2. The van der Waals surface area contributed by atoms with Crippen molar-refractivity contribution in [1.82, 2.24) is 0 Å². The third kappa shape index (κ3) is 5.51. The molecule has 0 bridgehead atoms. The van der Waals surface area contributed by atoms with Gasteiger partial charge >= 0.3 is 5.97 Å². The number of aromatic carboxylic acids is 1. The van der Waals surface area contributed by atoms with E-state index < -0.39 is 5.97 Å². The number of thiophene rings is 1. The van der Waals surface area contributed by atoms with E-state index in [9.17, 15) is 14.4 Å². The molecular weight excluding hydrogens is 550 g/mol. The average molecular weight is 572 g/mol. The number of benzene rings is 3. The van der Waals surface area contributed by atoms with Gasteiger partial charge in [-0.15, -0.1) is 11.3 Å². The normalized spacial score (nSPS) is 13.9. The minimum absolute atomic E-state index is 0.126. The van der Waals surface area contributed by atoms with E-state index in [1.807, 2.05) is 18.2 Å².